The molecule has 2 aromatic heterocycles. The van der Waals surface area contributed by atoms with E-state index >= 15 is 0 Å². The van der Waals surface area contributed by atoms with E-state index in [0.29, 0.717) is 24.2 Å². The number of nitrogens with zero attached hydrogens (tertiary/aromatic N) is 4. The molecule has 1 unspecified atom stereocenters. The first-order chi connectivity index (χ1) is 19.2. The van der Waals surface area contributed by atoms with Gasteiger partial charge in [0, 0.05) is 61.7 Å². The second-order valence-corrected chi connectivity index (χ2v) is 11.0. The van der Waals surface area contributed by atoms with Crippen molar-refractivity contribution < 1.29 is 14.4 Å². The van der Waals surface area contributed by atoms with Crippen molar-refractivity contribution in [3.8, 4) is 0 Å². The van der Waals surface area contributed by atoms with Gasteiger partial charge in [-0.25, -0.2) is 20.3 Å². The Balaban J connectivity index is 1.07. The van der Waals surface area contributed by atoms with E-state index < -0.39 is 0 Å². The minimum atomic E-state index is -0.376. The molecule has 3 aromatic rings. The van der Waals surface area contributed by atoms with Gasteiger partial charge in [0.15, 0.2) is 6.29 Å². The Bertz CT molecular complexity index is 1190. The summed E-state index contributed by atoms with van der Waals surface area (Å²) >= 11 is 0. The number of piperidine rings is 1. The summed E-state index contributed by atoms with van der Waals surface area (Å²) in [4.78, 5) is 28.9. The first-order valence-electron chi connectivity index (χ1n) is 14.9. The van der Waals surface area contributed by atoms with E-state index in [2.05, 4.69) is 69.2 Å². The smallest absolute Gasteiger partial charge is 0.278 e. The van der Waals surface area contributed by atoms with Crippen molar-refractivity contribution in [2.24, 2.45) is 5.92 Å². The van der Waals surface area contributed by atoms with Crippen molar-refractivity contribution in [1.29, 1.82) is 0 Å². The van der Waals surface area contributed by atoms with Crippen LogP contribution in [0, 0.1) is 5.92 Å². The van der Waals surface area contributed by atoms with Gasteiger partial charge in [0.05, 0.1) is 5.56 Å². The summed E-state index contributed by atoms with van der Waals surface area (Å²) in [5.41, 5.74) is 5.72. The number of carbonyl (C=O) groups excluding carboxylic acids is 1. The third-order valence-corrected chi connectivity index (χ3v) is 8.44. The zero-order valence-electron chi connectivity index (χ0n) is 23.5. The number of hydroxylamine groups is 1. The van der Waals surface area contributed by atoms with E-state index in [9.17, 15) is 4.79 Å². The molecule has 0 bridgehead atoms. The standard InChI is InChI=1S/C31H43N5O3/c1-3-26(4-2)36-22-24(27-12-5-6-13-28(27)36)11-9-10-23-15-17-35(18-16-23)31-32-20-25(21-33-31)30(37)34-39-29-14-7-8-19-38-29/h5-6,12-13,20-23,26,29H,3-4,7-11,14-19H2,1-2H3,(H,34,37). The van der Waals surface area contributed by atoms with Gasteiger partial charge >= 0.3 is 0 Å². The summed E-state index contributed by atoms with van der Waals surface area (Å²) in [5.74, 6) is 1.08. The molecule has 0 spiro atoms. The summed E-state index contributed by atoms with van der Waals surface area (Å²) in [7, 11) is 0. The van der Waals surface area contributed by atoms with E-state index in [-0.39, 0.29) is 12.2 Å². The van der Waals surface area contributed by atoms with Gasteiger partial charge in [-0.2, -0.15) is 0 Å². The minimum absolute atomic E-state index is 0.350. The van der Waals surface area contributed by atoms with Gasteiger partial charge in [-0.05, 0) is 75.3 Å². The molecule has 4 heterocycles. The SMILES string of the molecule is CCC(CC)n1cc(CCCC2CCN(c3ncc(C(=O)NOC4CCCCO4)cn3)CC2)c2ccccc21. The maximum atomic E-state index is 12.4. The normalized spacial score (nSPS) is 18.6. The van der Waals surface area contributed by atoms with Crippen LogP contribution in [0.25, 0.3) is 10.9 Å². The van der Waals surface area contributed by atoms with Gasteiger partial charge in [-0.15, -0.1) is 0 Å². The second-order valence-electron chi connectivity index (χ2n) is 11.0. The van der Waals surface area contributed by atoms with Gasteiger partial charge in [-0.3, -0.25) is 4.79 Å². The molecule has 2 fully saturated rings. The molecule has 1 aromatic carbocycles. The fourth-order valence-corrected chi connectivity index (χ4v) is 6.05. The fraction of sp³-hybridized carbons (Fsp3) is 0.581. The molecule has 2 saturated heterocycles. The average Bonchev–Trinajstić information content (AvgIpc) is 3.36. The molecule has 8 heteroatoms. The summed E-state index contributed by atoms with van der Waals surface area (Å²) in [6.45, 7) is 7.14. The summed E-state index contributed by atoms with van der Waals surface area (Å²) in [5, 5.41) is 1.42. The molecule has 0 radical (unpaired) electrons. The van der Waals surface area contributed by atoms with Crippen LogP contribution in [0.5, 0.6) is 0 Å². The molecular formula is C31H43N5O3. The van der Waals surface area contributed by atoms with Crippen LogP contribution in [-0.4, -0.2) is 46.4 Å². The highest BCUT2D eigenvalue weighted by atomic mass is 16.8. The van der Waals surface area contributed by atoms with Crippen molar-refractivity contribution in [3.63, 3.8) is 0 Å². The van der Waals surface area contributed by atoms with Crippen molar-refractivity contribution in [2.45, 2.75) is 90.4 Å². The number of anilines is 1. The Morgan fingerprint density at radius 3 is 2.59 bits per heavy atom. The first-order valence-corrected chi connectivity index (χ1v) is 14.9. The monoisotopic (exact) mass is 533 g/mol. The van der Waals surface area contributed by atoms with Crippen LogP contribution in [0.4, 0.5) is 5.95 Å². The number of amides is 1. The maximum absolute atomic E-state index is 12.4. The molecule has 1 amide bonds. The number of fused-ring (bicyclic) bond motifs is 1. The van der Waals surface area contributed by atoms with Crippen LogP contribution in [0.2, 0.25) is 0 Å². The molecule has 39 heavy (non-hydrogen) atoms. The summed E-state index contributed by atoms with van der Waals surface area (Å²) in [6, 6.07) is 9.46. The van der Waals surface area contributed by atoms with Gasteiger partial charge in [0.2, 0.25) is 5.95 Å². The molecular weight excluding hydrogens is 490 g/mol. The summed E-state index contributed by atoms with van der Waals surface area (Å²) < 4.78 is 7.99. The molecule has 5 rings (SSSR count). The van der Waals surface area contributed by atoms with Crippen LogP contribution in [0.15, 0.2) is 42.9 Å². The molecule has 2 aliphatic rings. The largest absolute Gasteiger partial charge is 0.350 e. The van der Waals surface area contributed by atoms with E-state index in [0.717, 1.165) is 70.4 Å². The number of ether oxygens (including phenoxy) is 1. The third kappa shape index (κ3) is 6.79. The van der Waals surface area contributed by atoms with E-state index in [1.165, 1.54) is 29.3 Å². The van der Waals surface area contributed by atoms with Crippen molar-refractivity contribution in [1.82, 2.24) is 20.0 Å². The predicted molar refractivity (Wildman–Crippen MR) is 154 cm³/mol. The Kier molecular flexibility index (Phi) is 9.48. The lowest BCUT2D eigenvalue weighted by Crippen LogP contribution is -2.35. The number of aryl methyl sites for hydroxylation is 1. The van der Waals surface area contributed by atoms with Crippen molar-refractivity contribution >= 4 is 22.8 Å². The Morgan fingerprint density at radius 1 is 1.10 bits per heavy atom. The number of nitrogens with one attached hydrogen (secondary N) is 1. The van der Waals surface area contributed by atoms with Crippen LogP contribution < -0.4 is 10.4 Å². The van der Waals surface area contributed by atoms with Crippen LogP contribution in [-0.2, 0) is 16.0 Å². The highest BCUT2D eigenvalue weighted by Crippen LogP contribution is 2.30. The van der Waals surface area contributed by atoms with E-state index in [1.807, 2.05) is 0 Å². The van der Waals surface area contributed by atoms with Crippen molar-refractivity contribution in [3.05, 3.63) is 54.0 Å². The predicted octanol–water partition coefficient (Wildman–Crippen LogP) is 6.22. The number of carbonyl (C=O) groups is 1. The number of aromatic nitrogens is 3. The number of para-hydroxylation sites is 1. The Labute approximate surface area is 232 Å². The second kappa shape index (κ2) is 13.4. The lowest BCUT2D eigenvalue weighted by atomic mass is 9.91. The van der Waals surface area contributed by atoms with E-state index in [1.54, 1.807) is 12.4 Å². The topological polar surface area (TPSA) is 81.5 Å². The van der Waals surface area contributed by atoms with Crippen LogP contribution in [0.3, 0.4) is 0 Å². The first kappa shape index (κ1) is 27.6. The molecule has 8 nitrogen and oxygen atoms in total. The Morgan fingerprint density at radius 2 is 1.87 bits per heavy atom. The lowest BCUT2D eigenvalue weighted by Gasteiger charge is -2.32. The molecule has 1 N–H and O–H groups in total. The average molecular weight is 534 g/mol. The minimum Gasteiger partial charge on any atom is -0.350 e. The fourth-order valence-electron chi connectivity index (χ4n) is 6.05. The highest BCUT2D eigenvalue weighted by molar-refractivity contribution is 5.92. The number of rotatable bonds is 11. The molecule has 210 valence electrons. The quantitative estimate of drug-likeness (QED) is 0.295. The van der Waals surface area contributed by atoms with E-state index in [4.69, 9.17) is 9.57 Å². The van der Waals surface area contributed by atoms with Gasteiger partial charge in [0.25, 0.3) is 5.91 Å². The molecule has 1 atom stereocenters. The molecule has 0 saturated carbocycles. The molecule has 2 aliphatic heterocycles. The number of benzene rings is 1. The van der Waals surface area contributed by atoms with Gasteiger partial charge in [-0.1, -0.05) is 32.0 Å². The van der Waals surface area contributed by atoms with Gasteiger partial charge < -0.3 is 14.2 Å². The van der Waals surface area contributed by atoms with Crippen LogP contribution >= 0.6 is 0 Å². The highest BCUT2D eigenvalue weighted by Gasteiger charge is 2.22. The van der Waals surface area contributed by atoms with Crippen molar-refractivity contribution in [2.75, 3.05) is 24.6 Å². The summed E-state index contributed by atoms with van der Waals surface area (Å²) in [6.07, 6.45) is 16.3. The lowest BCUT2D eigenvalue weighted by molar-refractivity contribution is -0.186. The van der Waals surface area contributed by atoms with Crippen LogP contribution in [0.1, 0.15) is 93.6 Å². The number of hydrogen-bond acceptors (Lipinski definition) is 6. The zero-order chi connectivity index (χ0) is 27.0. The number of hydrogen-bond donors (Lipinski definition) is 1. The Hall–Kier alpha value is -2.97. The molecule has 0 aliphatic carbocycles. The van der Waals surface area contributed by atoms with Gasteiger partial charge in [0.1, 0.15) is 0 Å². The maximum Gasteiger partial charge on any atom is 0.278 e. The third-order valence-electron chi connectivity index (χ3n) is 8.44. The zero-order valence-corrected chi connectivity index (χ0v) is 23.5.